The van der Waals surface area contributed by atoms with Gasteiger partial charge in [-0.05, 0) is 12.8 Å². The second kappa shape index (κ2) is 6.29. The minimum Gasteiger partial charge on any atom is -0.313 e. The summed E-state index contributed by atoms with van der Waals surface area (Å²) in [5.41, 5.74) is 0.0223. The SMILES string of the molecule is O=[N+]([O-])c1ccccc1CS(=O)(=O)NCCNC1CC1. The molecule has 0 unspecified atom stereocenters. The maximum absolute atomic E-state index is 11.9. The van der Waals surface area contributed by atoms with Gasteiger partial charge in [-0.25, -0.2) is 13.1 Å². The maximum atomic E-state index is 11.9. The lowest BCUT2D eigenvalue weighted by molar-refractivity contribution is -0.385. The molecule has 1 aliphatic carbocycles. The van der Waals surface area contributed by atoms with Crippen LogP contribution in [0.2, 0.25) is 0 Å². The molecule has 0 atom stereocenters. The average molecular weight is 299 g/mol. The lowest BCUT2D eigenvalue weighted by Gasteiger charge is -2.07. The molecule has 2 N–H and O–H groups in total. The maximum Gasteiger partial charge on any atom is 0.273 e. The average Bonchev–Trinajstić information content (AvgIpc) is 3.18. The van der Waals surface area contributed by atoms with E-state index in [2.05, 4.69) is 10.0 Å². The van der Waals surface area contributed by atoms with Gasteiger partial charge < -0.3 is 5.32 Å². The second-order valence-corrected chi connectivity index (χ2v) is 6.57. The Morgan fingerprint density at radius 3 is 2.60 bits per heavy atom. The fourth-order valence-corrected chi connectivity index (χ4v) is 3.01. The van der Waals surface area contributed by atoms with Gasteiger partial charge in [0.15, 0.2) is 0 Å². The topological polar surface area (TPSA) is 101 Å². The molecule has 0 radical (unpaired) electrons. The predicted molar refractivity (Wildman–Crippen MR) is 74.7 cm³/mol. The number of nitro benzene ring substituents is 1. The Labute approximate surface area is 117 Å². The molecule has 0 saturated heterocycles. The van der Waals surface area contributed by atoms with E-state index in [0.717, 1.165) is 12.8 Å². The molecule has 0 spiro atoms. The Morgan fingerprint density at radius 2 is 1.95 bits per heavy atom. The van der Waals surface area contributed by atoms with Crippen molar-refractivity contribution in [3.8, 4) is 0 Å². The molecule has 0 heterocycles. The normalized spacial score (nSPS) is 15.2. The van der Waals surface area contributed by atoms with Crippen LogP contribution in [0.3, 0.4) is 0 Å². The van der Waals surface area contributed by atoms with Gasteiger partial charge in [-0.15, -0.1) is 0 Å². The van der Waals surface area contributed by atoms with Crippen LogP contribution in [-0.4, -0.2) is 32.5 Å². The smallest absolute Gasteiger partial charge is 0.273 e. The first-order valence-electron chi connectivity index (χ1n) is 6.41. The lowest BCUT2D eigenvalue weighted by Crippen LogP contribution is -2.33. The van der Waals surface area contributed by atoms with Gasteiger partial charge in [-0.3, -0.25) is 10.1 Å². The van der Waals surface area contributed by atoms with Gasteiger partial charge in [0.1, 0.15) is 0 Å². The summed E-state index contributed by atoms with van der Waals surface area (Å²) in [5, 5.41) is 14.0. The molecule has 1 aromatic carbocycles. The number of hydrogen-bond donors (Lipinski definition) is 2. The Balaban J connectivity index is 1.91. The zero-order valence-corrected chi connectivity index (χ0v) is 11.7. The van der Waals surface area contributed by atoms with Gasteiger partial charge >= 0.3 is 0 Å². The van der Waals surface area contributed by atoms with Crippen LogP contribution in [0.15, 0.2) is 24.3 Å². The molecule has 1 fully saturated rings. The Hall–Kier alpha value is -1.51. The van der Waals surface area contributed by atoms with Crippen LogP contribution < -0.4 is 10.0 Å². The summed E-state index contributed by atoms with van der Waals surface area (Å²) in [7, 11) is -3.56. The van der Waals surface area contributed by atoms with E-state index in [1.54, 1.807) is 6.07 Å². The molecule has 0 bridgehead atoms. The van der Waals surface area contributed by atoms with Gasteiger partial charge in [0.2, 0.25) is 10.0 Å². The van der Waals surface area contributed by atoms with Gasteiger partial charge in [0, 0.05) is 30.8 Å². The molecular formula is C12H17N3O4S. The summed E-state index contributed by atoms with van der Waals surface area (Å²) < 4.78 is 26.2. The molecule has 1 saturated carbocycles. The number of nitrogens with one attached hydrogen (secondary N) is 2. The number of nitro groups is 1. The summed E-state index contributed by atoms with van der Waals surface area (Å²) in [4.78, 5) is 10.3. The summed E-state index contributed by atoms with van der Waals surface area (Å²) in [6.45, 7) is 0.861. The van der Waals surface area contributed by atoms with E-state index < -0.39 is 14.9 Å². The summed E-state index contributed by atoms with van der Waals surface area (Å²) in [6, 6.07) is 6.39. The monoisotopic (exact) mass is 299 g/mol. The van der Waals surface area contributed by atoms with E-state index in [4.69, 9.17) is 0 Å². The van der Waals surface area contributed by atoms with Crippen molar-refractivity contribution in [2.45, 2.75) is 24.6 Å². The van der Waals surface area contributed by atoms with Crippen LogP contribution in [0.5, 0.6) is 0 Å². The molecule has 2 rings (SSSR count). The van der Waals surface area contributed by atoms with Crippen molar-refractivity contribution in [1.29, 1.82) is 0 Å². The highest BCUT2D eigenvalue weighted by Gasteiger charge is 2.21. The van der Waals surface area contributed by atoms with Crippen molar-refractivity contribution in [2.75, 3.05) is 13.1 Å². The first kappa shape index (κ1) is 14.9. The molecular weight excluding hydrogens is 282 g/mol. The van der Waals surface area contributed by atoms with Crippen LogP contribution in [0.1, 0.15) is 18.4 Å². The quantitative estimate of drug-likeness (QED) is 0.419. The van der Waals surface area contributed by atoms with Crippen molar-refractivity contribution >= 4 is 15.7 Å². The molecule has 110 valence electrons. The van der Waals surface area contributed by atoms with Gasteiger partial charge in [0.05, 0.1) is 10.7 Å². The molecule has 7 nitrogen and oxygen atoms in total. The number of benzene rings is 1. The molecule has 1 aliphatic rings. The van der Waals surface area contributed by atoms with Crippen molar-refractivity contribution in [1.82, 2.24) is 10.0 Å². The van der Waals surface area contributed by atoms with Crippen molar-refractivity contribution in [3.63, 3.8) is 0 Å². The number of sulfonamides is 1. The van der Waals surface area contributed by atoms with E-state index >= 15 is 0 Å². The lowest BCUT2D eigenvalue weighted by atomic mass is 10.2. The predicted octanol–water partition coefficient (Wildman–Crippen LogP) is 0.766. The minimum atomic E-state index is -3.56. The fourth-order valence-electron chi connectivity index (χ4n) is 1.84. The first-order chi connectivity index (χ1) is 9.48. The standard InChI is InChI=1S/C12H17N3O4S/c16-15(17)12-4-2-1-3-10(12)9-20(18,19)14-8-7-13-11-5-6-11/h1-4,11,13-14H,5-9H2. The molecule has 1 aromatic rings. The van der Waals surface area contributed by atoms with Gasteiger partial charge in [-0.1, -0.05) is 18.2 Å². The van der Waals surface area contributed by atoms with Gasteiger partial charge in [-0.2, -0.15) is 0 Å². The summed E-state index contributed by atoms with van der Waals surface area (Å²) >= 11 is 0. The Kier molecular flexibility index (Phi) is 4.69. The molecule has 20 heavy (non-hydrogen) atoms. The van der Waals surface area contributed by atoms with Crippen LogP contribution in [0.25, 0.3) is 0 Å². The number of para-hydroxylation sites is 1. The highest BCUT2D eigenvalue weighted by atomic mass is 32.2. The third-order valence-corrected chi connectivity index (χ3v) is 4.33. The third-order valence-electron chi connectivity index (χ3n) is 2.99. The summed E-state index contributed by atoms with van der Waals surface area (Å²) in [5.74, 6) is -0.381. The van der Waals surface area contributed by atoms with Crippen molar-refractivity contribution in [2.24, 2.45) is 0 Å². The highest BCUT2D eigenvalue weighted by molar-refractivity contribution is 7.88. The Bertz CT molecular complexity index is 584. The van der Waals surface area contributed by atoms with Crippen molar-refractivity contribution in [3.05, 3.63) is 39.9 Å². The molecule has 8 heteroatoms. The highest BCUT2D eigenvalue weighted by Crippen LogP contribution is 2.20. The van der Waals surface area contributed by atoms with Crippen LogP contribution in [-0.2, 0) is 15.8 Å². The number of rotatable bonds is 8. The van der Waals surface area contributed by atoms with E-state index in [9.17, 15) is 18.5 Å². The van der Waals surface area contributed by atoms with Crippen LogP contribution >= 0.6 is 0 Å². The Morgan fingerprint density at radius 1 is 1.25 bits per heavy atom. The van der Waals surface area contributed by atoms with E-state index in [1.165, 1.54) is 18.2 Å². The number of nitrogens with zero attached hydrogens (tertiary/aromatic N) is 1. The van der Waals surface area contributed by atoms with E-state index in [0.29, 0.717) is 19.1 Å². The number of hydrogen-bond acceptors (Lipinski definition) is 5. The fraction of sp³-hybridized carbons (Fsp3) is 0.500. The second-order valence-electron chi connectivity index (χ2n) is 4.77. The molecule has 0 aromatic heterocycles. The van der Waals surface area contributed by atoms with E-state index in [-0.39, 0.29) is 17.0 Å². The zero-order valence-electron chi connectivity index (χ0n) is 10.9. The third kappa shape index (κ3) is 4.55. The minimum absolute atomic E-state index is 0.172. The van der Waals surface area contributed by atoms with Crippen LogP contribution in [0.4, 0.5) is 5.69 Å². The van der Waals surface area contributed by atoms with Crippen molar-refractivity contribution < 1.29 is 13.3 Å². The van der Waals surface area contributed by atoms with Gasteiger partial charge in [0.25, 0.3) is 5.69 Å². The first-order valence-corrected chi connectivity index (χ1v) is 8.06. The van der Waals surface area contributed by atoms with Crippen LogP contribution in [0, 0.1) is 10.1 Å². The van der Waals surface area contributed by atoms with E-state index in [1.807, 2.05) is 0 Å². The molecule has 0 amide bonds. The molecule has 0 aliphatic heterocycles. The zero-order chi connectivity index (χ0) is 14.6. The largest absolute Gasteiger partial charge is 0.313 e. The summed E-state index contributed by atoms with van der Waals surface area (Å²) in [6.07, 6.45) is 2.28.